The molecule has 0 atom stereocenters. The van der Waals surface area contributed by atoms with Crippen LogP contribution in [0.15, 0.2) is 51.5 Å². The number of hydrogen-bond acceptors (Lipinski definition) is 3. The minimum absolute atomic E-state index is 0.296. The monoisotopic (exact) mass is 424 g/mol. The molecule has 0 unspecified atom stereocenters. The van der Waals surface area contributed by atoms with E-state index in [0.29, 0.717) is 38.3 Å². The number of halogens is 3. The third-order valence-corrected chi connectivity index (χ3v) is 4.50. The molecule has 3 aromatic rings. The fourth-order valence-corrected chi connectivity index (χ4v) is 3.27. The van der Waals surface area contributed by atoms with Gasteiger partial charge in [-0.05, 0) is 37.3 Å². The molecule has 0 bridgehead atoms. The lowest BCUT2D eigenvalue weighted by Crippen LogP contribution is -2.13. The molecule has 1 heterocycles. The van der Waals surface area contributed by atoms with Crippen LogP contribution in [0.1, 0.15) is 16.1 Å². The van der Waals surface area contributed by atoms with Gasteiger partial charge in [0.2, 0.25) is 0 Å². The molecule has 24 heavy (non-hydrogen) atoms. The van der Waals surface area contributed by atoms with Gasteiger partial charge in [-0.25, -0.2) is 0 Å². The SMILES string of the molecule is Cc1onc(-c2c(Cl)cccc2Cl)c1C(=O)Nc1cccc(Br)c1. The molecule has 122 valence electrons. The summed E-state index contributed by atoms with van der Waals surface area (Å²) < 4.78 is 6.06. The van der Waals surface area contributed by atoms with Crippen molar-refractivity contribution in [2.24, 2.45) is 0 Å². The average Bonchev–Trinajstić information content (AvgIpc) is 2.89. The van der Waals surface area contributed by atoms with Gasteiger partial charge in [-0.2, -0.15) is 0 Å². The lowest BCUT2D eigenvalue weighted by Gasteiger charge is -2.08. The molecule has 3 rings (SSSR count). The molecule has 2 aromatic carbocycles. The maximum atomic E-state index is 12.7. The first-order valence-electron chi connectivity index (χ1n) is 6.95. The molecule has 1 aromatic heterocycles. The number of hydrogen-bond donors (Lipinski definition) is 1. The number of nitrogens with zero attached hydrogens (tertiary/aromatic N) is 1. The summed E-state index contributed by atoms with van der Waals surface area (Å²) in [6.07, 6.45) is 0. The minimum Gasteiger partial charge on any atom is -0.360 e. The summed E-state index contributed by atoms with van der Waals surface area (Å²) in [4.78, 5) is 12.7. The van der Waals surface area contributed by atoms with Crippen LogP contribution in [-0.4, -0.2) is 11.1 Å². The van der Waals surface area contributed by atoms with E-state index in [4.69, 9.17) is 27.7 Å². The van der Waals surface area contributed by atoms with E-state index in [1.807, 2.05) is 12.1 Å². The van der Waals surface area contributed by atoms with Crippen LogP contribution in [-0.2, 0) is 0 Å². The number of nitrogens with one attached hydrogen (secondary N) is 1. The average molecular weight is 426 g/mol. The summed E-state index contributed by atoms with van der Waals surface area (Å²) in [6, 6.07) is 12.4. The van der Waals surface area contributed by atoms with Crippen molar-refractivity contribution < 1.29 is 9.32 Å². The minimum atomic E-state index is -0.349. The van der Waals surface area contributed by atoms with Crippen LogP contribution in [0.2, 0.25) is 10.0 Å². The van der Waals surface area contributed by atoms with Crippen molar-refractivity contribution >= 4 is 50.7 Å². The normalized spacial score (nSPS) is 10.7. The van der Waals surface area contributed by atoms with Crippen molar-refractivity contribution in [3.05, 3.63) is 68.3 Å². The first-order chi connectivity index (χ1) is 11.5. The van der Waals surface area contributed by atoms with Gasteiger partial charge in [0.1, 0.15) is 17.0 Å². The van der Waals surface area contributed by atoms with E-state index in [2.05, 4.69) is 26.4 Å². The number of aromatic nitrogens is 1. The molecule has 0 aliphatic rings. The van der Waals surface area contributed by atoms with Crippen LogP contribution in [0.5, 0.6) is 0 Å². The highest BCUT2D eigenvalue weighted by Crippen LogP contribution is 2.37. The van der Waals surface area contributed by atoms with E-state index in [9.17, 15) is 4.79 Å². The van der Waals surface area contributed by atoms with Gasteiger partial charge in [-0.3, -0.25) is 4.79 Å². The quantitative estimate of drug-likeness (QED) is 0.562. The highest BCUT2D eigenvalue weighted by Gasteiger charge is 2.24. The zero-order valence-electron chi connectivity index (χ0n) is 12.4. The number of aryl methyl sites for hydroxylation is 1. The first-order valence-corrected chi connectivity index (χ1v) is 8.50. The summed E-state index contributed by atoms with van der Waals surface area (Å²) in [5.41, 5.74) is 1.73. The van der Waals surface area contributed by atoms with Crippen molar-refractivity contribution in [1.29, 1.82) is 0 Å². The third kappa shape index (κ3) is 3.34. The fourth-order valence-electron chi connectivity index (χ4n) is 2.29. The second-order valence-electron chi connectivity index (χ2n) is 5.02. The van der Waals surface area contributed by atoms with E-state index in [0.717, 1.165) is 4.47 Å². The Labute approximate surface area is 156 Å². The molecular formula is C17H11BrCl2N2O2. The Hall–Kier alpha value is -1.82. The Kier molecular flexibility index (Phi) is 4.94. The van der Waals surface area contributed by atoms with Crippen molar-refractivity contribution in [3.63, 3.8) is 0 Å². The molecule has 0 saturated heterocycles. The number of anilines is 1. The smallest absolute Gasteiger partial charge is 0.261 e. The van der Waals surface area contributed by atoms with Crippen molar-refractivity contribution in [3.8, 4) is 11.3 Å². The molecule has 7 heteroatoms. The number of benzene rings is 2. The van der Waals surface area contributed by atoms with E-state index in [-0.39, 0.29) is 5.91 Å². The van der Waals surface area contributed by atoms with E-state index < -0.39 is 0 Å². The van der Waals surface area contributed by atoms with Gasteiger partial charge in [-0.1, -0.05) is 56.4 Å². The molecule has 4 nitrogen and oxygen atoms in total. The molecule has 1 amide bonds. The van der Waals surface area contributed by atoms with Crippen molar-refractivity contribution in [1.82, 2.24) is 5.16 Å². The van der Waals surface area contributed by atoms with Crippen molar-refractivity contribution in [2.45, 2.75) is 6.92 Å². The Bertz CT molecular complexity index is 904. The highest BCUT2D eigenvalue weighted by molar-refractivity contribution is 9.10. The molecule has 0 saturated carbocycles. The summed E-state index contributed by atoms with van der Waals surface area (Å²) >= 11 is 15.8. The Balaban J connectivity index is 2.03. The standard InChI is InChI=1S/C17H11BrCl2N2O2/c1-9-14(17(23)21-11-5-2-4-10(18)8-11)16(22-24-9)15-12(19)6-3-7-13(15)20/h2-8H,1H3,(H,21,23). The predicted octanol–water partition coefficient (Wildman–Crippen LogP) is 5.97. The fraction of sp³-hybridized carbons (Fsp3) is 0.0588. The number of amides is 1. The van der Waals surface area contributed by atoms with Crippen LogP contribution in [0.3, 0.4) is 0 Å². The molecule has 0 aliphatic carbocycles. The predicted molar refractivity (Wildman–Crippen MR) is 98.8 cm³/mol. The zero-order valence-corrected chi connectivity index (χ0v) is 15.5. The van der Waals surface area contributed by atoms with Gasteiger partial charge >= 0.3 is 0 Å². The molecular weight excluding hydrogens is 415 g/mol. The Morgan fingerprint density at radius 1 is 1.17 bits per heavy atom. The molecule has 0 fully saturated rings. The second-order valence-corrected chi connectivity index (χ2v) is 6.75. The molecule has 0 radical (unpaired) electrons. The maximum Gasteiger partial charge on any atom is 0.261 e. The summed E-state index contributed by atoms with van der Waals surface area (Å²) in [5, 5.41) is 7.59. The number of carbonyl (C=O) groups excluding carboxylic acids is 1. The van der Waals surface area contributed by atoms with Gasteiger partial charge in [0.15, 0.2) is 0 Å². The maximum absolute atomic E-state index is 12.7. The van der Waals surface area contributed by atoms with E-state index >= 15 is 0 Å². The lowest BCUT2D eigenvalue weighted by atomic mass is 10.1. The van der Waals surface area contributed by atoms with Gasteiger partial charge in [0.05, 0.1) is 10.0 Å². The van der Waals surface area contributed by atoms with Crippen molar-refractivity contribution in [2.75, 3.05) is 5.32 Å². The Morgan fingerprint density at radius 2 is 1.83 bits per heavy atom. The topological polar surface area (TPSA) is 55.1 Å². The highest BCUT2D eigenvalue weighted by atomic mass is 79.9. The van der Waals surface area contributed by atoms with Gasteiger partial charge in [0.25, 0.3) is 5.91 Å². The summed E-state index contributed by atoms with van der Waals surface area (Å²) in [5.74, 6) is 0.0336. The van der Waals surface area contributed by atoms with Gasteiger partial charge < -0.3 is 9.84 Å². The first kappa shape index (κ1) is 17.0. The van der Waals surface area contributed by atoms with Crippen LogP contribution in [0, 0.1) is 6.92 Å². The van der Waals surface area contributed by atoms with Crippen LogP contribution < -0.4 is 5.32 Å². The van der Waals surface area contributed by atoms with Crippen LogP contribution in [0.4, 0.5) is 5.69 Å². The largest absolute Gasteiger partial charge is 0.360 e. The molecule has 0 aliphatic heterocycles. The van der Waals surface area contributed by atoms with Gasteiger partial charge in [-0.15, -0.1) is 0 Å². The third-order valence-electron chi connectivity index (χ3n) is 3.37. The zero-order chi connectivity index (χ0) is 17.3. The Morgan fingerprint density at radius 3 is 2.50 bits per heavy atom. The second kappa shape index (κ2) is 6.97. The van der Waals surface area contributed by atoms with Crippen LogP contribution in [0.25, 0.3) is 11.3 Å². The van der Waals surface area contributed by atoms with Crippen LogP contribution >= 0.6 is 39.1 Å². The van der Waals surface area contributed by atoms with E-state index in [1.54, 1.807) is 37.3 Å². The molecule has 0 spiro atoms. The van der Waals surface area contributed by atoms with Gasteiger partial charge in [0, 0.05) is 15.7 Å². The van der Waals surface area contributed by atoms with E-state index in [1.165, 1.54) is 0 Å². The lowest BCUT2D eigenvalue weighted by molar-refractivity contribution is 0.102. The number of rotatable bonds is 3. The summed E-state index contributed by atoms with van der Waals surface area (Å²) in [7, 11) is 0. The molecule has 1 N–H and O–H groups in total. The number of carbonyl (C=O) groups is 1. The summed E-state index contributed by atoms with van der Waals surface area (Å²) in [6.45, 7) is 1.66.